The summed E-state index contributed by atoms with van der Waals surface area (Å²) in [5.41, 5.74) is 0. The molecule has 4 nitrogen and oxygen atoms in total. The molecule has 0 aliphatic heterocycles. The molecule has 5 heteroatoms. The molecule has 0 heterocycles. The summed E-state index contributed by atoms with van der Waals surface area (Å²) < 4.78 is 25.1. The summed E-state index contributed by atoms with van der Waals surface area (Å²) >= 11 is 0. The third-order valence-corrected chi connectivity index (χ3v) is 3.67. The van der Waals surface area contributed by atoms with E-state index in [9.17, 15) is 8.42 Å². The summed E-state index contributed by atoms with van der Waals surface area (Å²) in [6.07, 6.45) is 1.72. The first-order valence-corrected chi connectivity index (χ1v) is 5.94. The van der Waals surface area contributed by atoms with Crippen molar-refractivity contribution in [2.45, 2.75) is 38.4 Å². The Hall–Kier alpha value is -0.600. The molecule has 0 saturated heterocycles. The van der Waals surface area contributed by atoms with Crippen molar-refractivity contribution in [1.82, 2.24) is 4.72 Å². The van der Waals surface area contributed by atoms with E-state index in [1.807, 2.05) is 13.0 Å². The summed E-state index contributed by atoms with van der Waals surface area (Å²) in [5, 5.41) is 7.86. The summed E-state index contributed by atoms with van der Waals surface area (Å²) in [5.74, 6) is 0. The summed E-state index contributed by atoms with van der Waals surface area (Å²) in [4.78, 5) is 0. The van der Waals surface area contributed by atoms with Crippen LogP contribution in [0.25, 0.3) is 0 Å². The molecule has 0 fully saturated rings. The van der Waals surface area contributed by atoms with E-state index in [0.29, 0.717) is 6.42 Å². The number of hydrogen-bond donors (Lipinski definition) is 1. The maximum absolute atomic E-state index is 11.4. The Bertz CT molecular complexity index is 266. The van der Waals surface area contributed by atoms with Crippen molar-refractivity contribution in [1.29, 1.82) is 5.26 Å². The summed E-state index contributed by atoms with van der Waals surface area (Å²) in [6, 6.07) is 1.88. The third-order valence-electron chi connectivity index (χ3n) is 1.76. The van der Waals surface area contributed by atoms with E-state index >= 15 is 0 Å². The number of hydrogen-bond acceptors (Lipinski definition) is 3. The van der Waals surface area contributed by atoms with Gasteiger partial charge in [0.15, 0.2) is 0 Å². The van der Waals surface area contributed by atoms with Crippen LogP contribution in [0.3, 0.4) is 0 Å². The molecule has 0 aliphatic rings. The lowest BCUT2D eigenvalue weighted by Gasteiger charge is -2.11. The minimum atomic E-state index is -3.20. The average molecular weight is 204 g/mol. The quantitative estimate of drug-likeness (QED) is 0.656. The molecule has 1 atom stereocenters. The van der Waals surface area contributed by atoms with Crippen LogP contribution in [-0.2, 0) is 10.0 Å². The van der Waals surface area contributed by atoms with Crippen LogP contribution in [-0.4, -0.2) is 20.2 Å². The molecule has 1 N–H and O–H groups in total. The molecule has 0 aromatic rings. The van der Waals surface area contributed by atoms with E-state index in [4.69, 9.17) is 5.26 Å². The zero-order chi connectivity index (χ0) is 10.3. The summed E-state index contributed by atoms with van der Waals surface area (Å²) in [7, 11) is -3.20. The highest BCUT2D eigenvalue weighted by molar-refractivity contribution is 7.90. The molecule has 76 valence electrons. The van der Waals surface area contributed by atoms with Crippen LogP contribution in [0, 0.1) is 11.3 Å². The maximum atomic E-state index is 11.4. The van der Waals surface area contributed by atoms with Crippen molar-refractivity contribution in [3.8, 4) is 6.07 Å². The highest BCUT2D eigenvalue weighted by Crippen LogP contribution is 2.05. The lowest BCUT2D eigenvalue weighted by atomic mass is 10.3. The Morgan fingerprint density at radius 2 is 2.15 bits per heavy atom. The van der Waals surface area contributed by atoms with Crippen molar-refractivity contribution >= 4 is 10.0 Å². The van der Waals surface area contributed by atoms with Crippen molar-refractivity contribution in [2.75, 3.05) is 6.54 Å². The highest BCUT2D eigenvalue weighted by atomic mass is 32.2. The van der Waals surface area contributed by atoms with Gasteiger partial charge < -0.3 is 0 Å². The van der Waals surface area contributed by atoms with Gasteiger partial charge in [-0.05, 0) is 13.3 Å². The number of nitriles is 1. The predicted molar refractivity (Wildman–Crippen MR) is 51.5 cm³/mol. The van der Waals surface area contributed by atoms with Gasteiger partial charge in [0.2, 0.25) is 10.0 Å². The molecular formula is C8H16N2O2S. The van der Waals surface area contributed by atoms with Crippen molar-refractivity contribution in [3.05, 3.63) is 0 Å². The monoisotopic (exact) mass is 204 g/mol. The van der Waals surface area contributed by atoms with Gasteiger partial charge in [-0.1, -0.05) is 13.3 Å². The SMILES string of the molecule is CCCC(C)S(=O)(=O)NCCC#N. The lowest BCUT2D eigenvalue weighted by molar-refractivity contribution is 0.562. The van der Waals surface area contributed by atoms with E-state index in [1.165, 1.54) is 0 Å². The first-order chi connectivity index (χ1) is 6.04. The fourth-order valence-electron chi connectivity index (χ4n) is 0.953. The van der Waals surface area contributed by atoms with Crippen molar-refractivity contribution in [2.24, 2.45) is 0 Å². The van der Waals surface area contributed by atoms with Crippen LogP contribution in [0.5, 0.6) is 0 Å². The van der Waals surface area contributed by atoms with E-state index in [-0.39, 0.29) is 18.2 Å². The Labute approximate surface area is 80.0 Å². The van der Waals surface area contributed by atoms with Gasteiger partial charge in [-0.2, -0.15) is 5.26 Å². The smallest absolute Gasteiger partial charge is 0.214 e. The Kier molecular flexibility index (Phi) is 5.67. The van der Waals surface area contributed by atoms with Gasteiger partial charge in [0.05, 0.1) is 11.3 Å². The normalized spacial score (nSPS) is 13.6. The first kappa shape index (κ1) is 12.4. The van der Waals surface area contributed by atoms with Crippen LogP contribution in [0.4, 0.5) is 0 Å². The molecule has 0 amide bonds. The topological polar surface area (TPSA) is 70.0 Å². The first-order valence-electron chi connectivity index (χ1n) is 4.40. The molecule has 13 heavy (non-hydrogen) atoms. The second-order valence-corrected chi connectivity index (χ2v) is 5.13. The molecule has 0 aromatic carbocycles. The zero-order valence-corrected chi connectivity index (χ0v) is 8.89. The number of nitrogens with zero attached hydrogens (tertiary/aromatic N) is 1. The Morgan fingerprint density at radius 1 is 1.54 bits per heavy atom. The fraction of sp³-hybridized carbons (Fsp3) is 0.875. The van der Waals surface area contributed by atoms with Gasteiger partial charge in [0.25, 0.3) is 0 Å². The van der Waals surface area contributed by atoms with Gasteiger partial charge in [0.1, 0.15) is 0 Å². The average Bonchev–Trinajstić information content (AvgIpc) is 2.05. The predicted octanol–water partition coefficient (Wildman–Crippen LogP) is 1.01. The molecule has 0 bridgehead atoms. The van der Waals surface area contributed by atoms with Crippen molar-refractivity contribution < 1.29 is 8.42 Å². The molecule has 0 spiro atoms. The standard InChI is InChI=1S/C8H16N2O2S/c1-3-5-8(2)13(11,12)10-7-4-6-9/h8,10H,3-5,7H2,1-2H3. The second kappa shape index (κ2) is 5.95. The van der Waals surface area contributed by atoms with Crippen LogP contribution in [0.15, 0.2) is 0 Å². The second-order valence-electron chi connectivity index (χ2n) is 2.95. The fourth-order valence-corrected chi connectivity index (χ4v) is 2.17. The van der Waals surface area contributed by atoms with Gasteiger partial charge in [-0.15, -0.1) is 0 Å². The van der Waals surface area contributed by atoms with E-state index in [0.717, 1.165) is 6.42 Å². The van der Waals surface area contributed by atoms with Crippen LogP contribution >= 0.6 is 0 Å². The third kappa shape index (κ3) is 4.86. The lowest BCUT2D eigenvalue weighted by Crippen LogP contribution is -2.33. The minimum absolute atomic E-state index is 0.215. The number of rotatable bonds is 6. The highest BCUT2D eigenvalue weighted by Gasteiger charge is 2.18. The van der Waals surface area contributed by atoms with E-state index in [1.54, 1.807) is 6.92 Å². The molecule has 0 aliphatic carbocycles. The van der Waals surface area contributed by atoms with Crippen LogP contribution in [0.1, 0.15) is 33.1 Å². The molecule has 0 aromatic heterocycles. The van der Waals surface area contributed by atoms with Gasteiger partial charge in [-0.3, -0.25) is 0 Å². The molecular weight excluding hydrogens is 188 g/mol. The molecule has 0 rings (SSSR count). The van der Waals surface area contributed by atoms with Crippen LogP contribution < -0.4 is 4.72 Å². The van der Waals surface area contributed by atoms with Crippen LogP contribution in [0.2, 0.25) is 0 Å². The largest absolute Gasteiger partial charge is 0.214 e. The summed E-state index contributed by atoms with van der Waals surface area (Å²) in [6.45, 7) is 3.84. The van der Waals surface area contributed by atoms with E-state index < -0.39 is 10.0 Å². The molecule has 1 unspecified atom stereocenters. The van der Waals surface area contributed by atoms with Gasteiger partial charge >= 0.3 is 0 Å². The van der Waals surface area contributed by atoms with Crippen molar-refractivity contribution in [3.63, 3.8) is 0 Å². The maximum Gasteiger partial charge on any atom is 0.214 e. The number of nitrogens with one attached hydrogen (secondary N) is 1. The van der Waals surface area contributed by atoms with Gasteiger partial charge in [-0.25, -0.2) is 13.1 Å². The Balaban J connectivity index is 4.01. The molecule has 0 saturated carbocycles. The Morgan fingerprint density at radius 3 is 2.62 bits per heavy atom. The minimum Gasteiger partial charge on any atom is -0.214 e. The number of sulfonamides is 1. The zero-order valence-electron chi connectivity index (χ0n) is 8.08. The molecule has 0 radical (unpaired) electrons. The van der Waals surface area contributed by atoms with Gasteiger partial charge in [0, 0.05) is 13.0 Å². The van der Waals surface area contributed by atoms with E-state index in [2.05, 4.69) is 4.72 Å².